The summed E-state index contributed by atoms with van der Waals surface area (Å²) in [5, 5.41) is 8.44. The van der Waals surface area contributed by atoms with E-state index in [9.17, 15) is 0 Å². The van der Waals surface area contributed by atoms with Crippen molar-refractivity contribution in [1.82, 2.24) is 5.48 Å². The van der Waals surface area contributed by atoms with Crippen LogP contribution in [0.3, 0.4) is 0 Å². The molecule has 0 aromatic rings. The van der Waals surface area contributed by atoms with Gasteiger partial charge in [-0.3, -0.25) is 10.7 Å². The molecule has 0 aliphatic carbocycles. The van der Waals surface area contributed by atoms with Crippen LogP contribution in [0, 0.1) is 5.92 Å². The predicted octanol–water partition coefficient (Wildman–Crippen LogP) is 2.08. The lowest BCUT2D eigenvalue weighted by Gasteiger charge is -2.12. The van der Waals surface area contributed by atoms with E-state index in [-0.39, 0.29) is 5.92 Å². The van der Waals surface area contributed by atoms with Gasteiger partial charge in [-0.05, 0) is 13.3 Å². The zero-order valence-corrected chi connectivity index (χ0v) is 6.65. The van der Waals surface area contributed by atoms with Gasteiger partial charge >= 0.3 is 0 Å². The molecule has 0 spiro atoms. The molecule has 0 saturated heterocycles. The van der Waals surface area contributed by atoms with Crippen molar-refractivity contribution in [2.24, 2.45) is 5.92 Å². The Balaban J connectivity index is 3.72. The third kappa shape index (κ3) is 3.30. The zero-order chi connectivity index (χ0) is 8.15. The van der Waals surface area contributed by atoms with Crippen LogP contribution in [0.1, 0.15) is 20.3 Å². The molecule has 0 rings (SSSR count). The highest BCUT2D eigenvalue weighted by Gasteiger charge is 2.04. The second-order valence-corrected chi connectivity index (χ2v) is 2.70. The second-order valence-electron chi connectivity index (χ2n) is 2.70. The van der Waals surface area contributed by atoms with Gasteiger partial charge < -0.3 is 0 Å². The topological polar surface area (TPSA) is 32.3 Å². The zero-order valence-electron chi connectivity index (χ0n) is 6.65. The average molecular weight is 141 g/mol. The molecular formula is C8H15NO. The molecule has 2 N–H and O–H groups in total. The van der Waals surface area contributed by atoms with E-state index in [1.54, 1.807) is 0 Å². The minimum Gasteiger partial charge on any atom is -0.291 e. The van der Waals surface area contributed by atoms with Crippen LogP contribution < -0.4 is 5.48 Å². The summed E-state index contributed by atoms with van der Waals surface area (Å²) < 4.78 is 0. The standard InChI is InChI=1S/C8H15NO/c1-6(2)5-7(3)8(4)9-10/h7,9-10H,1,4-5H2,2-3H3. The summed E-state index contributed by atoms with van der Waals surface area (Å²) in [6, 6.07) is 0. The van der Waals surface area contributed by atoms with Gasteiger partial charge in [0.05, 0.1) is 0 Å². The van der Waals surface area contributed by atoms with Gasteiger partial charge in [0.2, 0.25) is 0 Å². The van der Waals surface area contributed by atoms with Crippen LogP contribution in [0.15, 0.2) is 24.4 Å². The summed E-state index contributed by atoms with van der Waals surface area (Å²) in [6.45, 7) is 11.3. The monoisotopic (exact) mass is 141 g/mol. The normalized spacial score (nSPS) is 12.3. The lowest BCUT2D eigenvalue weighted by molar-refractivity contribution is 0.187. The lowest BCUT2D eigenvalue weighted by Crippen LogP contribution is -2.13. The highest BCUT2D eigenvalue weighted by molar-refractivity contribution is 5.01. The van der Waals surface area contributed by atoms with Gasteiger partial charge in [-0.15, -0.1) is 6.58 Å². The van der Waals surface area contributed by atoms with Crippen molar-refractivity contribution in [1.29, 1.82) is 0 Å². The van der Waals surface area contributed by atoms with E-state index < -0.39 is 0 Å². The van der Waals surface area contributed by atoms with E-state index in [0.717, 1.165) is 12.0 Å². The molecule has 0 aromatic heterocycles. The van der Waals surface area contributed by atoms with Gasteiger partial charge in [0.15, 0.2) is 0 Å². The molecular weight excluding hydrogens is 126 g/mol. The first-order valence-corrected chi connectivity index (χ1v) is 3.31. The molecule has 1 atom stereocenters. The molecule has 0 amide bonds. The summed E-state index contributed by atoms with van der Waals surface area (Å²) >= 11 is 0. The molecule has 10 heavy (non-hydrogen) atoms. The predicted molar refractivity (Wildman–Crippen MR) is 42.7 cm³/mol. The number of hydroxylamine groups is 1. The van der Waals surface area contributed by atoms with Gasteiger partial charge in [0.1, 0.15) is 0 Å². The molecule has 0 aromatic carbocycles. The third-order valence-electron chi connectivity index (χ3n) is 1.39. The SMILES string of the molecule is C=C(C)CC(C)C(=C)NO. The van der Waals surface area contributed by atoms with Crippen molar-refractivity contribution in [3.8, 4) is 0 Å². The molecule has 0 bridgehead atoms. The third-order valence-corrected chi connectivity index (χ3v) is 1.39. The van der Waals surface area contributed by atoms with Gasteiger partial charge in [-0.2, -0.15) is 0 Å². The summed E-state index contributed by atoms with van der Waals surface area (Å²) in [7, 11) is 0. The molecule has 0 aliphatic rings. The van der Waals surface area contributed by atoms with Crippen LogP contribution in [0.4, 0.5) is 0 Å². The number of hydrogen-bond donors (Lipinski definition) is 2. The van der Waals surface area contributed by atoms with Gasteiger partial charge in [-0.1, -0.05) is 19.1 Å². The Hall–Kier alpha value is -0.760. The Labute approximate surface area is 62.2 Å². The second kappa shape index (κ2) is 4.12. The smallest absolute Gasteiger partial charge is 0.0335 e. The van der Waals surface area contributed by atoms with Crippen LogP contribution in [-0.4, -0.2) is 5.21 Å². The fourth-order valence-corrected chi connectivity index (χ4v) is 0.756. The first-order chi connectivity index (χ1) is 4.57. The molecule has 2 nitrogen and oxygen atoms in total. The number of hydrogen-bond acceptors (Lipinski definition) is 2. The van der Waals surface area contributed by atoms with Crippen molar-refractivity contribution < 1.29 is 5.21 Å². The number of rotatable bonds is 4. The van der Waals surface area contributed by atoms with Gasteiger partial charge in [-0.25, -0.2) is 0 Å². The minimum atomic E-state index is 0.252. The number of allylic oxidation sites excluding steroid dienone is 2. The van der Waals surface area contributed by atoms with Crippen molar-refractivity contribution in [2.45, 2.75) is 20.3 Å². The Morgan fingerprint density at radius 3 is 2.40 bits per heavy atom. The molecule has 0 fully saturated rings. The average Bonchev–Trinajstić information content (AvgIpc) is 1.85. The van der Waals surface area contributed by atoms with E-state index in [1.807, 2.05) is 19.3 Å². The molecule has 1 unspecified atom stereocenters. The van der Waals surface area contributed by atoms with Crippen molar-refractivity contribution in [2.75, 3.05) is 0 Å². The molecule has 0 saturated carbocycles. The summed E-state index contributed by atoms with van der Waals surface area (Å²) in [5.41, 5.74) is 3.78. The molecule has 58 valence electrons. The maximum absolute atomic E-state index is 8.44. The maximum Gasteiger partial charge on any atom is 0.0335 e. The Morgan fingerprint density at radius 2 is 2.10 bits per heavy atom. The largest absolute Gasteiger partial charge is 0.291 e. The summed E-state index contributed by atoms with van der Waals surface area (Å²) in [6.07, 6.45) is 0.867. The van der Waals surface area contributed by atoms with E-state index in [4.69, 9.17) is 5.21 Å². The van der Waals surface area contributed by atoms with Gasteiger partial charge in [0, 0.05) is 11.6 Å². The van der Waals surface area contributed by atoms with Crippen LogP contribution in [0.25, 0.3) is 0 Å². The fourth-order valence-electron chi connectivity index (χ4n) is 0.756. The molecule has 2 heteroatoms. The van der Waals surface area contributed by atoms with E-state index in [1.165, 1.54) is 0 Å². The Kier molecular flexibility index (Phi) is 3.81. The first kappa shape index (κ1) is 9.24. The highest BCUT2D eigenvalue weighted by atomic mass is 16.5. The first-order valence-electron chi connectivity index (χ1n) is 3.31. The van der Waals surface area contributed by atoms with E-state index in [0.29, 0.717) is 5.70 Å². The minimum absolute atomic E-state index is 0.252. The summed E-state index contributed by atoms with van der Waals surface area (Å²) in [5.74, 6) is 0.252. The van der Waals surface area contributed by atoms with E-state index >= 15 is 0 Å². The Morgan fingerprint density at radius 1 is 1.60 bits per heavy atom. The molecule has 0 heterocycles. The van der Waals surface area contributed by atoms with Crippen molar-refractivity contribution >= 4 is 0 Å². The van der Waals surface area contributed by atoms with Crippen LogP contribution in [0.5, 0.6) is 0 Å². The molecule has 0 aliphatic heterocycles. The highest BCUT2D eigenvalue weighted by Crippen LogP contribution is 2.13. The quantitative estimate of drug-likeness (QED) is 0.464. The fraction of sp³-hybridized carbons (Fsp3) is 0.500. The summed E-state index contributed by atoms with van der Waals surface area (Å²) in [4.78, 5) is 0. The maximum atomic E-state index is 8.44. The number of nitrogens with one attached hydrogen (secondary N) is 1. The van der Waals surface area contributed by atoms with Gasteiger partial charge in [0.25, 0.3) is 0 Å². The van der Waals surface area contributed by atoms with Crippen molar-refractivity contribution in [3.05, 3.63) is 24.4 Å². The Bertz CT molecular complexity index is 140. The molecule has 0 radical (unpaired) electrons. The van der Waals surface area contributed by atoms with E-state index in [2.05, 4.69) is 13.2 Å². The van der Waals surface area contributed by atoms with Crippen LogP contribution in [0.2, 0.25) is 0 Å². The lowest BCUT2D eigenvalue weighted by atomic mass is 10.0. The van der Waals surface area contributed by atoms with Crippen molar-refractivity contribution in [3.63, 3.8) is 0 Å². The van der Waals surface area contributed by atoms with Crippen LogP contribution >= 0.6 is 0 Å². The van der Waals surface area contributed by atoms with Crippen LogP contribution in [-0.2, 0) is 0 Å².